The fourth-order valence-electron chi connectivity index (χ4n) is 1.98. The molecule has 0 amide bonds. The highest BCUT2D eigenvalue weighted by Crippen LogP contribution is 2.31. The number of rotatable bonds is 3. The molecule has 0 saturated carbocycles. The maximum Gasteiger partial charge on any atom is 0.341 e. The number of aryl methyl sites for hydroxylation is 2. The van der Waals surface area contributed by atoms with Crippen molar-refractivity contribution in [2.45, 2.75) is 34.6 Å². The van der Waals surface area contributed by atoms with Crippen LogP contribution in [0.5, 0.6) is 11.5 Å². The van der Waals surface area contributed by atoms with Crippen molar-refractivity contribution in [2.75, 3.05) is 7.11 Å². The minimum Gasteiger partial charge on any atom is -0.465 e. The van der Waals surface area contributed by atoms with Crippen LogP contribution in [0.1, 0.15) is 41.0 Å². The lowest BCUT2D eigenvalue weighted by Crippen LogP contribution is -2.08. The monoisotopic (exact) mass is 319 g/mol. The van der Waals surface area contributed by atoms with E-state index in [0.717, 1.165) is 11.1 Å². The Bertz CT molecular complexity index is 699. The Morgan fingerprint density at radius 2 is 1.65 bits per heavy atom. The Labute approximate surface area is 136 Å². The van der Waals surface area contributed by atoms with Crippen LogP contribution in [0.4, 0.5) is 4.39 Å². The zero-order chi connectivity index (χ0) is 17.6. The molecule has 0 aliphatic carbocycles. The summed E-state index contributed by atoms with van der Waals surface area (Å²) >= 11 is 0. The Kier molecular flexibility index (Phi) is 6.69. The number of carbonyl (C=O) groups excluding carboxylic acids is 1. The zero-order valence-corrected chi connectivity index (χ0v) is 14.4. The molecule has 0 spiro atoms. The first-order valence-electron chi connectivity index (χ1n) is 7.43. The fourth-order valence-corrected chi connectivity index (χ4v) is 1.98. The van der Waals surface area contributed by atoms with Gasteiger partial charge in [-0.25, -0.2) is 9.78 Å². The van der Waals surface area contributed by atoms with E-state index in [-0.39, 0.29) is 0 Å². The highest BCUT2D eigenvalue weighted by molar-refractivity contribution is 5.94. The molecule has 1 heterocycles. The first-order valence-corrected chi connectivity index (χ1v) is 7.43. The minimum absolute atomic E-state index is 0.362. The van der Waals surface area contributed by atoms with Gasteiger partial charge in [-0.15, -0.1) is 0 Å². The largest absolute Gasteiger partial charge is 0.465 e. The molecule has 0 bridgehead atoms. The van der Waals surface area contributed by atoms with E-state index in [1.807, 2.05) is 33.8 Å². The molecule has 0 N–H and O–H groups in total. The third kappa shape index (κ3) is 4.28. The van der Waals surface area contributed by atoms with Crippen LogP contribution in [-0.2, 0) is 4.74 Å². The molecule has 5 heteroatoms. The molecule has 0 saturated heterocycles. The van der Waals surface area contributed by atoms with Crippen molar-refractivity contribution in [3.8, 4) is 11.5 Å². The molecule has 0 atom stereocenters. The summed E-state index contributed by atoms with van der Waals surface area (Å²) in [4.78, 5) is 15.7. The van der Waals surface area contributed by atoms with E-state index in [1.165, 1.54) is 19.2 Å². The number of nitrogens with zero attached hydrogens (tertiary/aromatic N) is 1. The quantitative estimate of drug-likeness (QED) is 0.605. The second-order valence-electron chi connectivity index (χ2n) is 4.69. The first kappa shape index (κ1) is 18.6. The van der Waals surface area contributed by atoms with Gasteiger partial charge in [-0.2, -0.15) is 4.39 Å². The van der Waals surface area contributed by atoms with Crippen molar-refractivity contribution in [1.82, 2.24) is 4.98 Å². The van der Waals surface area contributed by atoms with Crippen molar-refractivity contribution in [3.05, 3.63) is 52.6 Å². The molecule has 1 aromatic heterocycles. The average molecular weight is 319 g/mol. The van der Waals surface area contributed by atoms with E-state index in [0.29, 0.717) is 22.8 Å². The predicted molar refractivity (Wildman–Crippen MR) is 87.6 cm³/mol. The molecule has 0 aliphatic heterocycles. The lowest BCUT2D eigenvalue weighted by molar-refractivity contribution is 0.0597. The molecule has 124 valence electrons. The standard InChI is InChI=1S/C16H16FNO3.C2H6/c1-9-5-6-13(15(10(9)2)16(19)20-4)21-12-7-8-14(17)18-11(12)3;1-2/h5-8H,1-4H3;1-2H3. The Morgan fingerprint density at radius 3 is 2.22 bits per heavy atom. The molecule has 23 heavy (non-hydrogen) atoms. The average Bonchev–Trinajstić information content (AvgIpc) is 2.55. The molecule has 0 fully saturated rings. The van der Waals surface area contributed by atoms with Crippen molar-refractivity contribution in [2.24, 2.45) is 0 Å². The summed E-state index contributed by atoms with van der Waals surface area (Å²) < 4.78 is 23.6. The van der Waals surface area contributed by atoms with Gasteiger partial charge in [-0.1, -0.05) is 19.9 Å². The number of aromatic nitrogens is 1. The summed E-state index contributed by atoms with van der Waals surface area (Å²) in [6.45, 7) is 9.36. The number of benzene rings is 1. The van der Waals surface area contributed by atoms with Gasteiger partial charge in [0.2, 0.25) is 5.95 Å². The molecular weight excluding hydrogens is 297 g/mol. The highest BCUT2D eigenvalue weighted by Gasteiger charge is 2.19. The van der Waals surface area contributed by atoms with Gasteiger partial charge < -0.3 is 9.47 Å². The molecule has 2 rings (SSSR count). The molecule has 2 aromatic rings. The van der Waals surface area contributed by atoms with Crippen molar-refractivity contribution in [3.63, 3.8) is 0 Å². The van der Waals surface area contributed by atoms with Gasteiger partial charge in [0.25, 0.3) is 0 Å². The Balaban J connectivity index is 0.00000127. The van der Waals surface area contributed by atoms with E-state index < -0.39 is 11.9 Å². The van der Waals surface area contributed by atoms with E-state index in [1.54, 1.807) is 13.0 Å². The number of esters is 1. The number of hydrogen-bond acceptors (Lipinski definition) is 4. The third-order valence-electron chi connectivity index (χ3n) is 3.31. The molecular formula is C18H22FNO3. The van der Waals surface area contributed by atoms with Crippen LogP contribution >= 0.6 is 0 Å². The van der Waals surface area contributed by atoms with E-state index in [2.05, 4.69) is 4.98 Å². The van der Waals surface area contributed by atoms with E-state index in [9.17, 15) is 9.18 Å². The molecule has 1 aromatic carbocycles. The normalized spacial score (nSPS) is 9.70. The summed E-state index contributed by atoms with van der Waals surface area (Å²) in [5, 5.41) is 0. The van der Waals surface area contributed by atoms with Gasteiger partial charge in [0.15, 0.2) is 0 Å². The summed E-state index contributed by atoms with van der Waals surface area (Å²) in [7, 11) is 1.32. The van der Waals surface area contributed by atoms with E-state index in [4.69, 9.17) is 9.47 Å². The van der Waals surface area contributed by atoms with Gasteiger partial charge in [-0.3, -0.25) is 0 Å². The number of halogens is 1. The number of pyridine rings is 1. The zero-order valence-electron chi connectivity index (χ0n) is 14.4. The maximum absolute atomic E-state index is 13.0. The van der Waals surface area contributed by atoms with Crippen molar-refractivity contribution < 1.29 is 18.7 Å². The molecule has 4 nitrogen and oxygen atoms in total. The van der Waals surface area contributed by atoms with Gasteiger partial charge in [0.1, 0.15) is 17.1 Å². The molecule has 0 radical (unpaired) electrons. The highest BCUT2D eigenvalue weighted by atomic mass is 19.1. The number of methoxy groups -OCH3 is 1. The summed E-state index contributed by atoms with van der Waals surface area (Å²) in [6.07, 6.45) is 0. The SMILES string of the molecule is CC.COC(=O)c1c(Oc2ccc(F)nc2C)ccc(C)c1C. The van der Waals surface area contributed by atoms with Crippen LogP contribution in [0, 0.1) is 26.7 Å². The summed E-state index contributed by atoms with van der Waals surface area (Å²) in [6, 6.07) is 6.23. The fraction of sp³-hybridized carbons (Fsp3) is 0.333. The summed E-state index contributed by atoms with van der Waals surface area (Å²) in [5.41, 5.74) is 2.51. The number of carbonyl (C=O) groups is 1. The topological polar surface area (TPSA) is 48.4 Å². The van der Waals surface area contributed by atoms with Crippen molar-refractivity contribution in [1.29, 1.82) is 0 Å². The number of hydrogen-bond donors (Lipinski definition) is 0. The molecule has 0 aliphatic rings. The minimum atomic E-state index is -0.576. The Hall–Kier alpha value is -2.43. The van der Waals surface area contributed by atoms with Crippen LogP contribution in [0.25, 0.3) is 0 Å². The van der Waals surface area contributed by atoms with E-state index >= 15 is 0 Å². The number of ether oxygens (including phenoxy) is 2. The van der Waals surface area contributed by atoms with Crippen LogP contribution in [0.2, 0.25) is 0 Å². The van der Waals surface area contributed by atoms with Gasteiger partial charge in [0.05, 0.1) is 12.8 Å². The second-order valence-corrected chi connectivity index (χ2v) is 4.69. The second kappa shape index (κ2) is 8.27. The van der Waals surface area contributed by atoms with Crippen molar-refractivity contribution >= 4 is 5.97 Å². The maximum atomic E-state index is 13.0. The lowest BCUT2D eigenvalue weighted by atomic mass is 10.0. The lowest BCUT2D eigenvalue weighted by Gasteiger charge is -2.14. The molecule has 0 unspecified atom stereocenters. The first-order chi connectivity index (χ1) is 10.9. The predicted octanol–water partition coefficient (Wildman–Crippen LogP) is 4.75. The van der Waals surface area contributed by atoms with Gasteiger partial charge in [0, 0.05) is 0 Å². The van der Waals surface area contributed by atoms with Crippen LogP contribution in [0.3, 0.4) is 0 Å². The smallest absolute Gasteiger partial charge is 0.341 e. The van der Waals surface area contributed by atoms with Crippen LogP contribution < -0.4 is 4.74 Å². The summed E-state index contributed by atoms with van der Waals surface area (Å²) in [5.74, 6) is -0.293. The third-order valence-corrected chi connectivity index (χ3v) is 3.31. The van der Waals surface area contributed by atoms with Gasteiger partial charge in [-0.05, 0) is 50.1 Å². The Morgan fingerprint density at radius 1 is 1.04 bits per heavy atom. The van der Waals surface area contributed by atoms with Crippen LogP contribution in [0.15, 0.2) is 24.3 Å². The van der Waals surface area contributed by atoms with Crippen LogP contribution in [-0.4, -0.2) is 18.1 Å². The van der Waals surface area contributed by atoms with Gasteiger partial charge >= 0.3 is 5.97 Å².